The maximum atomic E-state index is 4.21. The second kappa shape index (κ2) is 2.47. The summed E-state index contributed by atoms with van der Waals surface area (Å²) in [5.74, 6) is 0. The van der Waals surface area contributed by atoms with Gasteiger partial charge in [0.1, 0.15) is 4.83 Å². The number of nitrogens with zero attached hydrogens (tertiary/aromatic N) is 2. The van der Waals surface area contributed by atoms with Crippen LogP contribution in [0.15, 0.2) is 18.5 Å². The Morgan fingerprint density at radius 1 is 1.45 bits per heavy atom. The normalized spacial score (nSPS) is 10.3. The summed E-state index contributed by atoms with van der Waals surface area (Å²) in [6, 6.07) is 2.03. The molecule has 0 saturated carbocycles. The highest BCUT2D eigenvalue weighted by atomic mass is 32.1. The van der Waals surface area contributed by atoms with Crippen LogP contribution in [-0.4, -0.2) is 16.4 Å². The largest absolute Gasteiger partial charge is 0.387 e. The number of anilines is 1. The van der Waals surface area contributed by atoms with Crippen LogP contribution in [0.5, 0.6) is 0 Å². The lowest BCUT2D eigenvalue weighted by Gasteiger charge is -1.96. The molecule has 0 aromatic carbocycles. The first-order chi connectivity index (χ1) is 5.40. The van der Waals surface area contributed by atoms with Gasteiger partial charge in [0.05, 0.1) is 18.1 Å². The molecule has 1 N–H and O–H groups in total. The molecule has 0 radical (unpaired) electrons. The Labute approximate surface area is 68.2 Å². The highest BCUT2D eigenvalue weighted by Gasteiger charge is 1.96. The zero-order valence-corrected chi connectivity index (χ0v) is 6.85. The highest BCUT2D eigenvalue weighted by Crippen LogP contribution is 2.18. The first-order valence-corrected chi connectivity index (χ1v) is 4.05. The lowest BCUT2D eigenvalue weighted by molar-refractivity contribution is 1.40. The van der Waals surface area contributed by atoms with Crippen molar-refractivity contribution in [3.8, 4) is 0 Å². The van der Waals surface area contributed by atoms with Gasteiger partial charge in [-0.3, -0.25) is 0 Å². The zero-order chi connectivity index (χ0) is 7.68. The van der Waals surface area contributed by atoms with Gasteiger partial charge in [0.15, 0.2) is 0 Å². The van der Waals surface area contributed by atoms with Gasteiger partial charge in [-0.1, -0.05) is 0 Å². The maximum absolute atomic E-state index is 4.21. The molecule has 0 spiro atoms. The third kappa shape index (κ3) is 1.05. The average molecular weight is 165 g/mol. The monoisotopic (exact) mass is 165 g/mol. The fourth-order valence-corrected chi connectivity index (χ4v) is 1.49. The summed E-state index contributed by atoms with van der Waals surface area (Å²) >= 11 is 1.42. The minimum Gasteiger partial charge on any atom is -0.387 e. The van der Waals surface area contributed by atoms with Crippen LogP contribution in [0.4, 0.5) is 5.69 Å². The van der Waals surface area contributed by atoms with Crippen molar-refractivity contribution in [1.82, 2.24) is 9.36 Å². The number of nitrogens with one attached hydrogen (secondary N) is 1. The Hall–Kier alpha value is -1.16. The summed E-state index contributed by atoms with van der Waals surface area (Å²) < 4.78 is 4.03. The molecule has 56 valence electrons. The molecule has 0 aliphatic carbocycles. The molecule has 0 atom stereocenters. The second-order valence-electron chi connectivity index (χ2n) is 2.19. The maximum Gasteiger partial charge on any atom is 0.143 e. The molecule has 11 heavy (non-hydrogen) atoms. The van der Waals surface area contributed by atoms with Crippen LogP contribution in [0.1, 0.15) is 0 Å². The van der Waals surface area contributed by atoms with Crippen LogP contribution in [0.25, 0.3) is 10.2 Å². The molecule has 0 aliphatic heterocycles. The van der Waals surface area contributed by atoms with Crippen LogP contribution < -0.4 is 5.32 Å². The van der Waals surface area contributed by atoms with E-state index in [1.807, 2.05) is 19.3 Å². The summed E-state index contributed by atoms with van der Waals surface area (Å²) in [5.41, 5.74) is 1.03. The summed E-state index contributed by atoms with van der Waals surface area (Å²) in [6.07, 6.45) is 3.63. The molecule has 2 aromatic heterocycles. The molecule has 0 aliphatic rings. The van der Waals surface area contributed by atoms with E-state index in [0.29, 0.717) is 0 Å². The van der Waals surface area contributed by atoms with E-state index in [-0.39, 0.29) is 0 Å². The predicted molar refractivity (Wildman–Crippen MR) is 47.0 cm³/mol. The van der Waals surface area contributed by atoms with Crippen molar-refractivity contribution in [3.63, 3.8) is 0 Å². The minimum absolute atomic E-state index is 0.990. The number of rotatable bonds is 1. The second-order valence-corrected chi connectivity index (χ2v) is 2.97. The summed E-state index contributed by atoms with van der Waals surface area (Å²) in [7, 11) is 1.88. The van der Waals surface area contributed by atoms with Crippen molar-refractivity contribution in [1.29, 1.82) is 0 Å². The number of fused-ring (bicyclic) bond motifs is 1. The molecule has 2 aromatic rings. The van der Waals surface area contributed by atoms with E-state index in [9.17, 15) is 0 Å². The van der Waals surface area contributed by atoms with E-state index in [2.05, 4.69) is 14.7 Å². The van der Waals surface area contributed by atoms with Gasteiger partial charge in [-0.25, -0.2) is 4.98 Å². The smallest absolute Gasteiger partial charge is 0.143 e. The topological polar surface area (TPSA) is 37.8 Å². The molecular formula is C7H7N3S. The van der Waals surface area contributed by atoms with E-state index >= 15 is 0 Å². The lowest BCUT2D eigenvalue weighted by Crippen LogP contribution is -1.87. The predicted octanol–water partition coefficient (Wildman–Crippen LogP) is 1.73. The molecular weight excluding hydrogens is 158 g/mol. The molecule has 0 fully saturated rings. The van der Waals surface area contributed by atoms with E-state index in [1.54, 1.807) is 6.20 Å². The molecule has 3 nitrogen and oxygen atoms in total. The fraction of sp³-hybridized carbons (Fsp3) is 0.143. The van der Waals surface area contributed by atoms with Crippen LogP contribution in [0, 0.1) is 0 Å². The van der Waals surface area contributed by atoms with Crippen LogP contribution >= 0.6 is 11.5 Å². The Morgan fingerprint density at radius 3 is 3.18 bits per heavy atom. The molecule has 0 amide bonds. The van der Waals surface area contributed by atoms with Gasteiger partial charge in [0.25, 0.3) is 0 Å². The Kier molecular flexibility index (Phi) is 1.47. The van der Waals surface area contributed by atoms with E-state index in [0.717, 1.165) is 15.9 Å². The summed E-state index contributed by atoms with van der Waals surface area (Å²) in [5, 5.41) is 4.12. The molecule has 2 rings (SSSR count). The van der Waals surface area contributed by atoms with Gasteiger partial charge in [-0.2, -0.15) is 4.37 Å². The average Bonchev–Trinajstić information content (AvgIpc) is 2.50. The van der Waals surface area contributed by atoms with Gasteiger partial charge in [0, 0.05) is 12.4 Å². The Balaban J connectivity index is 2.67. The first kappa shape index (κ1) is 6.54. The van der Waals surface area contributed by atoms with E-state index < -0.39 is 0 Å². The SMILES string of the molecule is CNc1cnc2sncc2c1. The van der Waals surface area contributed by atoms with Crippen molar-refractivity contribution < 1.29 is 0 Å². The van der Waals surface area contributed by atoms with Gasteiger partial charge < -0.3 is 5.32 Å². The van der Waals surface area contributed by atoms with Gasteiger partial charge in [0.2, 0.25) is 0 Å². The third-order valence-corrected chi connectivity index (χ3v) is 2.22. The molecule has 0 unspecified atom stereocenters. The Bertz CT molecular complexity index is 368. The molecule has 0 saturated heterocycles. The number of hydrogen-bond donors (Lipinski definition) is 1. The van der Waals surface area contributed by atoms with Crippen LogP contribution in [-0.2, 0) is 0 Å². The van der Waals surface area contributed by atoms with E-state index in [1.165, 1.54) is 11.5 Å². The standard InChI is InChI=1S/C7H7N3S/c1-8-6-2-5-3-10-11-7(5)9-4-6/h2-4,8H,1H3. The molecule has 4 heteroatoms. The van der Waals surface area contributed by atoms with Crippen molar-refractivity contribution in [2.75, 3.05) is 12.4 Å². The van der Waals surface area contributed by atoms with Gasteiger partial charge >= 0.3 is 0 Å². The number of aromatic nitrogens is 2. The van der Waals surface area contributed by atoms with Crippen LogP contribution in [0.2, 0.25) is 0 Å². The Morgan fingerprint density at radius 2 is 2.36 bits per heavy atom. The van der Waals surface area contributed by atoms with Crippen molar-refractivity contribution in [2.24, 2.45) is 0 Å². The van der Waals surface area contributed by atoms with Crippen molar-refractivity contribution in [3.05, 3.63) is 18.5 Å². The summed E-state index contributed by atoms with van der Waals surface area (Å²) in [4.78, 5) is 5.20. The fourth-order valence-electron chi connectivity index (χ4n) is 0.908. The lowest BCUT2D eigenvalue weighted by atomic mass is 10.3. The van der Waals surface area contributed by atoms with Crippen molar-refractivity contribution in [2.45, 2.75) is 0 Å². The highest BCUT2D eigenvalue weighted by molar-refractivity contribution is 7.12. The van der Waals surface area contributed by atoms with Gasteiger partial charge in [-0.15, -0.1) is 0 Å². The first-order valence-electron chi connectivity index (χ1n) is 3.28. The quantitative estimate of drug-likeness (QED) is 0.699. The molecule has 2 heterocycles. The zero-order valence-electron chi connectivity index (χ0n) is 6.03. The van der Waals surface area contributed by atoms with Crippen LogP contribution in [0.3, 0.4) is 0 Å². The molecule has 0 bridgehead atoms. The van der Waals surface area contributed by atoms with Gasteiger partial charge in [-0.05, 0) is 17.6 Å². The van der Waals surface area contributed by atoms with Crippen molar-refractivity contribution >= 4 is 27.4 Å². The third-order valence-electron chi connectivity index (χ3n) is 1.50. The number of hydrogen-bond acceptors (Lipinski definition) is 4. The number of pyridine rings is 1. The summed E-state index contributed by atoms with van der Waals surface area (Å²) in [6.45, 7) is 0. The van der Waals surface area contributed by atoms with E-state index in [4.69, 9.17) is 0 Å². The minimum atomic E-state index is 0.990.